The second-order valence-corrected chi connectivity index (χ2v) is 10.6. The number of hydrogen-bond acceptors (Lipinski definition) is 7. The van der Waals surface area contributed by atoms with Crippen LogP contribution in [0.1, 0.15) is 30.9 Å². The van der Waals surface area contributed by atoms with Gasteiger partial charge in [0.25, 0.3) is 0 Å². The third-order valence-corrected chi connectivity index (χ3v) is 8.06. The van der Waals surface area contributed by atoms with Gasteiger partial charge in [0, 0.05) is 5.02 Å². The number of thiazole rings is 1. The molecule has 0 spiro atoms. The van der Waals surface area contributed by atoms with Gasteiger partial charge in [0.2, 0.25) is 0 Å². The number of fused-ring (bicyclic) bond motifs is 1. The molecule has 2 aromatic carbocycles. The topological polar surface area (TPSA) is 106 Å². The highest BCUT2D eigenvalue weighted by atomic mass is 35.5. The van der Waals surface area contributed by atoms with E-state index in [9.17, 15) is 14.4 Å². The largest absolute Gasteiger partial charge is 0.494 e. The average Bonchev–Trinajstić information content (AvgIpc) is 3.19. The minimum Gasteiger partial charge on any atom is -0.494 e. The van der Waals surface area contributed by atoms with Crippen LogP contribution < -0.4 is 10.5 Å². The van der Waals surface area contributed by atoms with Crippen LogP contribution in [0.3, 0.4) is 0 Å². The Labute approximate surface area is 193 Å². The Kier molecular flexibility index (Phi) is 8.43. The monoisotopic (exact) mass is 482 g/mol. The van der Waals surface area contributed by atoms with Crippen molar-refractivity contribution in [1.82, 2.24) is 4.98 Å². The molecular formula is C22H27ClN2O4S2. The molecule has 1 unspecified atom stereocenters. The molecule has 0 radical (unpaired) electrons. The van der Waals surface area contributed by atoms with E-state index in [2.05, 4.69) is 4.98 Å². The Hall–Kier alpha value is -1.55. The van der Waals surface area contributed by atoms with Crippen LogP contribution >= 0.6 is 22.9 Å². The van der Waals surface area contributed by atoms with E-state index in [0.717, 1.165) is 27.1 Å². The molecule has 4 N–H and O–H groups in total. The van der Waals surface area contributed by atoms with Crippen molar-refractivity contribution in [2.75, 3.05) is 19.8 Å². The van der Waals surface area contributed by atoms with Crippen molar-refractivity contribution in [3.63, 3.8) is 0 Å². The van der Waals surface area contributed by atoms with Crippen molar-refractivity contribution in [2.24, 2.45) is 5.73 Å². The number of hydrogen-bond donors (Lipinski definition) is 3. The lowest BCUT2D eigenvalue weighted by molar-refractivity contribution is 0.113. The zero-order chi connectivity index (χ0) is 22.4. The maximum absolute atomic E-state index is 12.9. The Morgan fingerprint density at radius 1 is 1.23 bits per heavy atom. The number of nitrogens with zero attached hydrogens (tertiary/aromatic N) is 1. The van der Waals surface area contributed by atoms with E-state index in [4.69, 9.17) is 22.1 Å². The first kappa shape index (κ1) is 24.1. The maximum atomic E-state index is 12.9. The van der Waals surface area contributed by atoms with E-state index in [1.54, 1.807) is 0 Å². The summed E-state index contributed by atoms with van der Waals surface area (Å²) in [6.07, 6.45) is 1.87. The first-order chi connectivity index (χ1) is 14.9. The van der Waals surface area contributed by atoms with Crippen LogP contribution in [-0.4, -0.2) is 44.8 Å². The summed E-state index contributed by atoms with van der Waals surface area (Å²) in [5.74, 6) is 1.11. The number of aromatic nitrogens is 1. The van der Waals surface area contributed by atoms with E-state index >= 15 is 0 Å². The number of aliphatic hydroxyl groups is 2. The van der Waals surface area contributed by atoms with E-state index in [-0.39, 0.29) is 13.2 Å². The summed E-state index contributed by atoms with van der Waals surface area (Å²) in [4.78, 5) is 4.51. The van der Waals surface area contributed by atoms with Gasteiger partial charge >= 0.3 is 0 Å². The Balaban J connectivity index is 1.64. The molecule has 1 heterocycles. The lowest BCUT2D eigenvalue weighted by Gasteiger charge is -2.24. The molecule has 0 fully saturated rings. The second-order valence-electron chi connectivity index (χ2n) is 7.49. The Morgan fingerprint density at radius 2 is 2.00 bits per heavy atom. The fourth-order valence-electron chi connectivity index (χ4n) is 3.17. The van der Waals surface area contributed by atoms with Gasteiger partial charge in [-0.15, -0.1) is 11.3 Å². The molecule has 0 aliphatic rings. The van der Waals surface area contributed by atoms with Gasteiger partial charge in [0.15, 0.2) is 4.34 Å². The predicted octanol–water partition coefficient (Wildman–Crippen LogP) is 3.66. The van der Waals surface area contributed by atoms with Crippen molar-refractivity contribution >= 4 is 44.0 Å². The van der Waals surface area contributed by atoms with E-state index in [1.165, 1.54) is 11.3 Å². The molecule has 168 valence electrons. The molecule has 3 aromatic rings. The van der Waals surface area contributed by atoms with E-state index in [1.807, 2.05) is 43.3 Å². The number of aliphatic hydroxyl groups excluding tert-OH is 2. The van der Waals surface area contributed by atoms with Crippen LogP contribution in [-0.2, 0) is 23.0 Å². The highest BCUT2D eigenvalue weighted by Crippen LogP contribution is 2.30. The van der Waals surface area contributed by atoms with Crippen LogP contribution in [0, 0.1) is 0 Å². The Bertz CT molecular complexity index is 1050. The first-order valence-corrected chi connectivity index (χ1v) is 12.6. The van der Waals surface area contributed by atoms with Crippen molar-refractivity contribution in [2.45, 2.75) is 41.8 Å². The van der Waals surface area contributed by atoms with Gasteiger partial charge in [0.1, 0.15) is 5.75 Å². The molecule has 0 saturated heterocycles. The van der Waals surface area contributed by atoms with Crippen LogP contribution in [0.2, 0.25) is 5.02 Å². The third-order valence-electron chi connectivity index (χ3n) is 5.01. The summed E-state index contributed by atoms with van der Waals surface area (Å²) < 4.78 is 19.9. The number of aryl methyl sites for hydroxylation is 1. The normalized spacial score (nSPS) is 12.9. The summed E-state index contributed by atoms with van der Waals surface area (Å²) in [6.45, 7) is 2.00. The van der Waals surface area contributed by atoms with Gasteiger partial charge in [-0.2, -0.15) is 0 Å². The Morgan fingerprint density at radius 3 is 2.68 bits per heavy atom. The van der Waals surface area contributed by atoms with Crippen molar-refractivity contribution in [3.8, 4) is 5.75 Å². The lowest BCUT2D eigenvalue weighted by Crippen LogP contribution is -2.47. The molecule has 0 aliphatic carbocycles. The van der Waals surface area contributed by atoms with Gasteiger partial charge in [0.05, 0.1) is 52.1 Å². The summed E-state index contributed by atoms with van der Waals surface area (Å²) in [7, 11) is -1.28. The molecule has 3 rings (SSSR count). The molecule has 6 nitrogen and oxygen atoms in total. The number of benzene rings is 2. The van der Waals surface area contributed by atoms with Gasteiger partial charge in [-0.1, -0.05) is 23.7 Å². The summed E-state index contributed by atoms with van der Waals surface area (Å²) in [5.41, 5.74) is 7.58. The average molecular weight is 483 g/mol. The highest BCUT2D eigenvalue weighted by molar-refractivity contribution is 7.86. The van der Waals surface area contributed by atoms with Gasteiger partial charge in [-0.05, 0) is 61.6 Å². The number of halogens is 1. The van der Waals surface area contributed by atoms with Crippen LogP contribution in [0.15, 0.2) is 40.7 Å². The predicted molar refractivity (Wildman–Crippen MR) is 126 cm³/mol. The van der Waals surface area contributed by atoms with E-state index in [0.29, 0.717) is 41.0 Å². The number of ether oxygens (including phenoxy) is 1. The fourth-order valence-corrected chi connectivity index (χ4v) is 5.82. The molecule has 1 aromatic heterocycles. The maximum Gasteiger partial charge on any atom is 0.182 e. The molecule has 31 heavy (non-hydrogen) atoms. The van der Waals surface area contributed by atoms with Crippen LogP contribution in [0.5, 0.6) is 5.75 Å². The SMILES string of the molecule is CCOc1ccc2nc(S(=O)Cc3ccc(CCCC(N)(CO)CO)c(Cl)c3)sc2c1. The minimum atomic E-state index is -1.28. The molecular weight excluding hydrogens is 456 g/mol. The quantitative estimate of drug-likeness (QED) is 0.385. The number of nitrogens with two attached hydrogens (primary N) is 1. The third kappa shape index (κ3) is 6.25. The van der Waals surface area contributed by atoms with Crippen molar-refractivity contribution in [3.05, 3.63) is 52.5 Å². The van der Waals surface area contributed by atoms with Crippen molar-refractivity contribution in [1.29, 1.82) is 0 Å². The lowest BCUT2D eigenvalue weighted by atomic mass is 9.94. The molecule has 0 saturated carbocycles. The zero-order valence-electron chi connectivity index (χ0n) is 17.3. The summed E-state index contributed by atoms with van der Waals surface area (Å²) in [5, 5.41) is 19.2. The second kappa shape index (κ2) is 10.8. The molecule has 0 amide bonds. The molecule has 0 aliphatic heterocycles. The van der Waals surface area contributed by atoms with Gasteiger partial charge in [-0.25, -0.2) is 4.98 Å². The van der Waals surface area contributed by atoms with E-state index < -0.39 is 16.3 Å². The van der Waals surface area contributed by atoms with Crippen LogP contribution in [0.25, 0.3) is 10.2 Å². The summed E-state index contributed by atoms with van der Waals surface area (Å²) >= 11 is 7.84. The van der Waals surface area contributed by atoms with Gasteiger partial charge in [-0.3, -0.25) is 4.21 Å². The molecule has 1 atom stereocenters. The summed E-state index contributed by atoms with van der Waals surface area (Å²) in [6, 6.07) is 11.4. The molecule has 0 bridgehead atoms. The van der Waals surface area contributed by atoms with Crippen molar-refractivity contribution < 1.29 is 19.2 Å². The number of rotatable bonds is 11. The smallest absolute Gasteiger partial charge is 0.182 e. The van der Waals surface area contributed by atoms with Crippen LogP contribution in [0.4, 0.5) is 0 Å². The van der Waals surface area contributed by atoms with Gasteiger partial charge < -0.3 is 20.7 Å². The first-order valence-electron chi connectivity index (χ1n) is 10.1. The fraction of sp³-hybridized carbons (Fsp3) is 0.409. The standard InChI is InChI=1S/C22H27ClN2O4S2/c1-2-29-17-7-8-19-20(11-17)30-21(25-19)31(28)12-15-5-6-16(18(23)10-15)4-3-9-22(24,13-26)14-27/h5-8,10-11,26-27H,2-4,9,12-14,24H2,1H3. The highest BCUT2D eigenvalue weighted by Gasteiger charge is 2.22. The molecule has 9 heteroatoms. The minimum absolute atomic E-state index is 0.263. The zero-order valence-corrected chi connectivity index (χ0v) is 19.7.